The maximum absolute atomic E-state index is 12.5. The second-order valence-electron chi connectivity index (χ2n) is 5.52. The van der Waals surface area contributed by atoms with E-state index < -0.39 is 0 Å². The van der Waals surface area contributed by atoms with E-state index in [0.717, 1.165) is 23.2 Å². The number of rotatable bonds is 6. The Morgan fingerprint density at radius 1 is 1.18 bits per heavy atom. The largest absolute Gasteiger partial charge is 0.391 e. The number of ether oxygens (including phenoxy) is 1. The predicted octanol–water partition coefficient (Wildman–Crippen LogP) is 2.66. The van der Waals surface area contributed by atoms with Gasteiger partial charge in [-0.05, 0) is 38.0 Å². The Balaban J connectivity index is 2.54. The van der Waals surface area contributed by atoms with Crippen LogP contribution in [0.15, 0.2) is 35.1 Å². The lowest BCUT2D eigenvalue weighted by molar-refractivity contribution is 0.190. The van der Waals surface area contributed by atoms with Crippen molar-refractivity contribution in [1.82, 2.24) is 4.57 Å². The summed E-state index contributed by atoms with van der Waals surface area (Å²) >= 11 is 0. The molecule has 1 aromatic heterocycles. The molecule has 0 aliphatic rings. The molecular formula is C18H23NO3. The first-order valence-electron chi connectivity index (χ1n) is 7.48. The van der Waals surface area contributed by atoms with Crippen LogP contribution in [0.3, 0.4) is 0 Å². The van der Waals surface area contributed by atoms with Crippen LogP contribution in [-0.2, 0) is 17.9 Å². The molecule has 0 bridgehead atoms. The summed E-state index contributed by atoms with van der Waals surface area (Å²) in [5, 5.41) is 9.33. The monoisotopic (exact) mass is 301 g/mol. The number of benzene rings is 1. The van der Waals surface area contributed by atoms with E-state index in [1.54, 1.807) is 17.7 Å². The minimum Gasteiger partial charge on any atom is -0.391 e. The van der Waals surface area contributed by atoms with Gasteiger partial charge in [0.15, 0.2) is 0 Å². The first-order chi connectivity index (χ1) is 10.6. The minimum atomic E-state index is -0.240. The molecule has 0 unspecified atom stereocenters. The third-order valence-corrected chi connectivity index (χ3v) is 3.81. The van der Waals surface area contributed by atoms with Crippen molar-refractivity contribution >= 4 is 0 Å². The van der Waals surface area contributed by atoms with Crippen LogP contribution in [0, 0.1) is 13.8 Å². The van der Waals surface area contributed by atoms with E-state index in [9.17, 15) is 9.90 Å². The van der Waals surface area contributed by atoms with Crippen LogP contribution < -0.4 is 5.56 Å². The van der Waals surface area contributed by atoms with Crippen molar-refractivity contribution < 1.29 is 9.84 Å². The normalized spacial score (nSPS) is 10.9. The molecule has 4 nitrogen and oxygen atoms in total. The lowest BCUT2D eigenvalue weighted by Crippen LogP contribution is -2.26. The second-order valence-corrected chi connectivity index (χ2v) is 5.52. The number of aromatic nitrogens is 1. The number of hydrogen-bond acceptors (Lipinski definition) is 3. The zero-order chi connectivity index (χ0) is 16.1. The zero-order valence-electron chi connectivity index (χ0n) is 13.4. The summed E-state index contributed by atoms with van der Waals surface area (Å²) in [4.78, 5) is 12.5. The third-order valence-electron chi connectivity index (χ3n) is 3.81. The van der Waals surface area contributed by atoms with Gasteiger partial charge in [0.2, 0.25) is 0 Å². The minimum absolute atomic E-state index is 0.129. The lowest BCUT2D eigenvalue weighted by atomic mass is 10.0. The zero-order valence-corrected chi connectivity index (χ0v) is 13.4. The summed E-state index contributed by atoms with van der Waals surface area (Å²) in [5.41, 5.74) is 4.56. The van der Waals surface area contributed by atoms with E-state index >= 15 is 0 Å². The SMILES string of the molecule is COCCCn1c(-c2ccc(C)cc2C)ccc(CO)c1=O. The molecule has 2 rings (SSSR count). The number of methoxy groups -OCH3 is 1. The quantitative estimate of drug-likeness (QED) is 0.835. The van der Waals surface area contributed by atoms with E-state index in [1.165, 1.54) is 5.56 Å². The van der Waals surface area contributed by atoms with Gasteiger partial charge in [-0.15, -0.1) is 0 Å². The van der Waals surface area contributed by atoms with Crippen molar-refractivity contribution in [2.24, 2.45) is 0 Å². The molecule has 118 valence electrons. The van der Waals surface area contributed by atoms with Crippen LogP contribution >= 0.6 is 0 Å². The average Bonchev–Trinajstić information content (AvgIpc) is 2.49. The van der Waals surface area contributed by atoms with Crippen LogP contribution in [0.25, 0.3) is 11.3 Å². The van der Waals surface area contributed by atoms with Crippen molar-refractivity contribution in [3.63, 3.8) is 0 Å². The highest BCUT2D eigenvalue weighted by atomic mass is 16.5. The van der Waals surface area contributed by atoms with Crippen molar-refractivity contribution in [2.75, 3.05) is 13.7 Å². The van der Waals surface area contributed by atoms with Gasteiger partial charge in [0.25, 0.3) is 5.56 Å². The number of pyridine rings is 1. The molecule has 0 fully saturated rings. The molecule has 1 heterocycles. The van der Waals surface area contributed by atoms with Crippen molar-refractivity contribution in [2.45, 2.75) is 33.4 Å². The summed E-state index contributed by atoms with van der Waals surface area (Å²) < 4.78 is 6.82. The summed E-state index contributed by atoms with van der Waals surface area (Å²) in [6.07, 6.45) is 0.753. The standard InChI is InChI=1S/C18H23NO3/c1-13-5-7-16(14(2)11-13)17-8-6-15(12-20)18(21)19(17)9-4-10-22-3/h5-8,11,20H,4,9-10,12H2,1-3H3. The molecule has 0 saturated heterocycles. The maximum Gasteiger partial charge on any atom is 0.256 e. The summed E-state index contributed by atoms with van der Waals surface area (Å²) in [6.45, 7) is 5.03. The summed E-state index contributed by atoms with van der Waals surface area (Å²) in [7, 11) is 1.65. The smallest absolute Gasteiger partial charge is 0.256 e. The molecule has 0 spiro atoms. The second kappa shape index (κ2) is 7.38. The molecule has 0 atom stereocenters. The van der Waals surface area contributed by atoms with Gasteiger partial charge < -0.3 is 14.4 Å². The van der Waals surface area contributed by atoms with Gasteiger partial charge in [0.05, 0.1) is 12.3 Å². The number of hydrogen-bond donors (Lipinski definition) is 1. The Morgan fingerprint density at radius 3 is 2.59 bits per heavy atom. The Hall–Kier alpha value is -1.91. The lowest BCUT2D eigenvalue weighted by Gasteiger charge is -2.16. The van der Waals surface area contributed by atoms with Crippen LogP contribution in [0.4, 0.5) is 0 Å². The molecule has 2 aromatic rings. The average molecular weight is 301 g/mol. The fraction of sp³-hybridized carbons (Fsp3) is 0.389. The van der Waals surface area contributed by atoms with Crippen LogP contribution in [0.2, 0.25) is 0 Å². The molecular weight excluding hydrogens is 278 g/mol. The molecule has 0 amide bonds. The Morgan fingerprint density at radius 2 is 1.95 bits per heavy atom. The van der Waals surface area contributed by atoms with E-state index in [0.29, 0.717) is 18.7 Å². The van der Waals surface area contributed by atoms with Gasteiger partial charge in [0.1, 0.15) is 0 Å². The maximum atomic E-state index is 12.5. The fourth-order valence-electron chi connectivity index (χ4n) is 2.67. The van der Waals surface area contributed by atoms with Crippen LogP contribution in [0.1, 0.15) is 23.1 Å². The van der Waals surface area contributed by atoms with Crippen molar-refractivity contribution in [3.05, 3.63) is 57.4 Å². The summed E-state index contributed by atoms with van der Waals surface area (Å²) in [6, 6.07) is 9.83. The van der Waals surface area contributed by atoms with Crippen molar-refractivity contribution in [3.8, 4) is 11.3 Å². The third kappa shape index (κ3) is 3.46. The number of aliphatic hydroxyl groups is 1. The first-order valence-corrected chi connectivity index (χ1v) is 7.48. The Kier molecular flexibility index (Phi) is 5.52. The highest BCUT2D eigenvalue weighted by molar-refractivity contribution is 5.64. The Labute approximate surface area is 131 Å². The van der Waals surface area contributed by atoms with E-state index in [1.807, 2.05) is 25.1 Å². The highest BCUT2D eigenvalue weighted by Gasteiger charge is 2.11. The molecule has 0 saturated carbocycles. The van der Waals surface area contributed by atoms with Gasteiger partial charge in [-0.25, -0.2) is 0 Å². The topological polar surface area (TPSA) is 51.5 Å². The van der Waals surface area contributed by atoms with Gasteiger partial charge in [-0.3, -0.25) is 4.79 Å². The van der Waals surface area contributed by atoms with Crippen LogP contribution in [-0.4, -0.2) is 23.4 Å². The fourth-order valence-corrected chi connectivity index (χ4v) is 2.67. The van der Waals surface area contributed by atoms with Gasteiger partial charge >= 0.3 is 0 Å². The van der Waals surface area contributed by atoms with Gasteiger partial charge in [-0.2, -0.15) is 0 Å². The molecule has 22 heavy (non-hydrogen) atoms. The van der Waals surface area contributed by atoms with Crippen molar-refractivity contribution in [1.29, 1.82) is 0 Å². The molecule has 1 N–H and O–H groups in total. The first kappa shape index (κ1) is 16.5. The Bertz CT molecular complexity index is 704. The molecule has 0 radical (unpaired) electrons. The van der Waals surface area contributed by atoms with E-state index in [-0.39, 0.29) is 12.2 Å². The predicted molar refractivity (Wildman–Crippen MR) is 88.0 cm³/mol. The molecule has 0 aliphatic heterocycles. The molecule has 0 aliphatic carbocycles. The van der Waals surface area contributed by atoms with Gasteiger partial charge in [0, 0.05) is 31.4 Å². The van der Waals surface area contributed by atoms with E-state index in [4.69, 9.17) is 4.74 Å². The van der Waals surface area contributed by atoms with Gasteiger partial charge in [-0.1, -0.05) is 23.8 Å². The number of nitrogens with zero attached hydrogens (tertiary/aromatic N) is 1. The number of aryl methyl sites for hydroxylation is 2. The highest BCUT2D eigenvalue weighted by Crippen LogP contribution is 2.24. The molecule has 4 heteroatoms. The number of aliphatic hydroxyl groups excluding tert-OH is 1. The molecule has 1 aromatic carbocycles. The van der Waals surface area contributed by atoms with Crippen LogP contribution in [0.5, 0.6) is 0 Å². The summed E-state index contributed by atoms with van der Waals surface area (Å²) in [5.74, 6) is 0. The van der Waals surface area contributed by atoms with E-state index in [2.05, 4.69) is 13.0 Å².